The molecule has 0 unspecified atom stereocenters. The predicted octanol–water partition coefficient (Wildman–Crippen LogP) is 2.24. The Balaban J connectivity index is 2.03. The summed E-state index contributed by atoms with van der Waals surface area (Å²) >= 11 is 0. The summed E-state index contributed by atoms with van der Waals surface area (Å²) in [4.78, 5) is 23.1. The molecule has 1 amide bonds. The van der Waals surface area contributed by atoms with Crippen LogP contribution >= 0.6 is 0 Å². The Labute approximate surface area is 129 Å². The normalized spacial score (nSPS) is 15.0. The molecule has 1 aliphatic heterocycles. The van der Waals surface area contributed by atoms with Gasteiger partial charge in [0.2, 0.25) is 0 Å². The monoisotopic (exact) mass is 307 g/mol. The van der Waals surface area contributed by atoms with Crippen LogP contribution in [0.4, 0.5) is 4.79 Å². The highest BCUT2D eigenvalue weighted by atomic mass is 16.6. The number of alkyl carbamates (subject to hydrolysis) is 1. The molecule has 1 aromatic rings. The Hall–Kier alpha value is -2.08. The molecule has 0 saturated carbocycles. The number of fused-ring (bicyclic) bond motifs is 1. The van der Waals surface area contributed by atoms with Crippen molar-refractivity contribution < 1.29 is 24.2 Å². The summed E-state index contributed by atoms with van der Waals surface area (Å²) in [6.45, 7) is 6.31. The first-order valence-corrected chi connectivity index (χ1v) is 7.15. The highest BCUT2D eigenvalue weighted by Crippen LogP contribution is 2.21. The third kappa shape index (κ3) is 4.46. The van der Waals surface area contributed by atoms with Crippen molar-refractivity contribution in [1.82, 2.24) is 5.32 Å². The van der Waals surface area contributed by atoms with Crippen molar-refractivity contribution in [3.8, 4) is 0 Å². The maximum atomic E-state index is 11.7. The van der Waals surface area contributed by atoms with Gasteiger partial charge in [-0.05, 0) is 37.5 Å². The average Bonchev–Trinajstić information content (AvgIpc) is 2.82. The van der Waals surface area contributed by atoms with Crippen LogP contribution < -0.4 is 5.32 Å². The molecule has 120 valence electrons. The molecule has 0 saturated heterocycles. The van der Waals surface area contributed by atoms with E-state index < -0.39 is 23.7 Å². The zero-order chi connectivity index (χ0) is 16.3. The van der Waals surface area contributed by atoms with Gasteiger partial charge in [0.05, 0.1) is 13.2 Å². The number of carbonyl (C=O) groups is 2. The molecular weight excluding hydrogens is 286 g/mol. The van der Waals surface area contributed by atoms with Crippen LogP contribution in [0.15, 0.2) is 18.2 Å². The minimum absolute atomic E-state index is 0.196. The first-order chi connectivity index (χ1) is 10.2. The maximum Gasteiger partial charge on any atom is 0.408 e. The molecule has 1 aromatic carbocycles. The second-order valence-corrected chi connectivity index (χ2v) is 6.34. The van der Waals surface area contributed by atoms with Crippen molar-refractivity contribution in [3.05, 3.63) is 34.9 Å². The Morgan fingerprint density at radius 3 is 2.64 bits per heavy atom. The molecule has 6 nitrogen and oxygen atoms in total. The van der Waals surface area contributed by atoms with Crippen molar-refractivity contribution in [1.29, 1.82) is 0 Å². The Morgan fingerprint density at radius 1 is 1.32 bits per heavy atom. The fourth-order valence-corrected chi connectivity index (χ4v) is 2.24. The van der Waals surface area contributed by atoms with Gasteiger partial charge in [-0.2, -0.15) is 0 Å². The van der Waals surface area contributed by atoms with Gasteiger partial charge in [-0.25, -0.2) is 9.59 Å². The fourth-order valence-electron chi connectivity index (χ4n) is 2.24. The Bertz CT molecular complexity index is 576. The molecule has 0 aliphatic carbocycles. The Kier molecular flexibility index (Phi) is 4.71. The lowest BCUT2D eigenvalue weighted by Crippen LogP contribution is -2.44. The van der Waals surface area contributed by atoms with E-state index in [9.17, 15) is 14.7 Å². The molecule has 0 spiro atoms. The van der Waals surface area contributed by atoms with Crippen LogP contribution in [0.1, 0.15) is 37.5 Å². The number of rotatable bonds is 4. The molecule has 22 heavy (non-hydrogen) atoms. The Morgan fingerprint density at radius 2 is 2.00 bits per heavy atom. The van der Waals surface area contributed by atoms with E-state index in [1.807, 2.05) is 18.2 Å². The number of carbonyl (C=O) groups excluding carboxylic acids is 1. The van der Waals surface area contributed by atoms with Crippen LogP contribution in [0, 0.1) is 0 Å². The van der Waals surface area contributed by atoms with Gasteiger partial charge in [-0.15, -0.1) is 0 Å². The summed E-state index contributed by atoms with van der Waals surface area (Å²) in [7, 11) is 0. The molecule has 1 heterocycles. The number of carboxylic acid groups (broad SMARTS) is 1. The second-order valence-electron chi connectivity index (χ2n) is 6.34. The topological polar surface area (TPSA) is 84.9 Å². The van der Waals surface area contributed by atoms with E-state index in [-0.39, 0.29) is 6.42 Å². The van der Waals surface area contributed by atoms with Crippen molar-refractivity contribution >= 4 is 12.1 Å². The summed E-state index contributed by atoms with van der Waals surface area (Å²) < 4.78 is 10.4. The van der Waals surface area contributed by atoms with E-state index in [1.54, 1.807) is 20.8 Å². The van der Waals surface area contributed by atoms with Crippen LogP contribution in [0.2, 0.25) is 0 Å². The zero-order valence-corrected chi connectivity index (χ0v) is 13.0. The van der Waals surface area contributed by atoms with Gasteiger partial charge in [0.1, 0.15) is 11.6 Å². The molecule has 6 heteroatoms. The minimum atomic E-state index is -1.09. The SMILES string of the molecule is CC(C)(C)OC(=O)N[C@H](Cc1ccc2c(c1)COC2)C(=O)O. The molecule has 2 rings (SSSR count). The number of aliphatic carboxylic acids is 1. The molecule has 1 aliphatic rings. The van der Waals surface area contributed by atoms with Crippen LogP contribution in [-0.2, 0) is 33.9 Å². The lowest BCUT2D eigenvalue weighted by molar-refractivity contribution is -0.139. The summed E-state index contributed by atoms with van der Waals surface area (Å²) in [6, 6.07) is 4.69. The molecule has 1 atom stereocenters. The standard InChI is InChI=1S/C16H21NO5/c1-16(2,3)22-15(20)17-13(14(18)19)7-10-4-5-11-8-21-9-12(11)6-10/h4-6,13H,7-9H2,1-3H3,(H,17,20)(H,18,19)/t13-/m1/s1. The number of benzene rings is 1. The van der Waals surface area contributed by atoms with Gasteiger partial charge in [-0.1, -0.05) is 18.2 Å². The van der Waals surface area contributed by atoms with Crippen LogP contribution in [0.25, 0.3) is 0 Å². The van der Waals surface area contributed by atoms with Gasteiger partial charge in [0.25, 0.3) is 0 Å². The van der Waals surface area contributed by atoms with Crippen LogP contribution in [0.5, 0.6) is 0 Å². The smallest absolute Gasteiger partial charge is 0.408 e. The first-order valence-electron chi connectivity index (χ1n) is 7.15. The average molecular weight is 307 g/mol. The molecule has 0 bridgehead atoms. The number of amides is 1. The van der Waals surface area contributed by atoms with E-state index >= 15 is 0 Å². The highest BCUT2D eigenvalue weighted by molar-refractivity contribution is 5.80. The molecule has 2 N–H and O–H groups in total. The predicted molar refractivity (Wildman–Crippen MR) is 79.4 cm³/mol. The summed E-state index contributed by atoms with van der Waals surface area (Å²) in [5, 5.41) is 11.7. The van der Waals surface area contributed by atoms with Gasteiger partial charge >= 0.3 is 12.1 Å². The second kappa shape index (κ2) is 6.36. The highest BCUT2D eigenvalue weighted by Gasteiger charge is 2.24. The van der Waals surface area contributed by atoms with Crippen molar-refractivity contribution in [2.24, 2.45) is 0 Å². The number of hydrogen-bond donors (Lipinski definition) is 2. The van der Waals surface area contributed by atoms with Crippen molar-refractivity contribution in [2.75, 3.05) is 0 Å². The van der Waals surface area contributed by atoms with Crippen molar-refractivity contribution in [2.45, 2.75) is 52.0 Å². The lowest BCUT2D eigenvalue weighted by atomic mass is 10.0. The molecule has 0 fully saturated rings. The third-order valence-corrected chi connectivity index (χ3v) is 3.21. The van der Waals surface area contributed by atoms with Gasteiger partial charge in [0, 0.05) is 6.42 Å². The lowest BCUT2D eigenvalue weighted by Gasteiger charge is -2.22. The quantitative estimate of drug-likeness (QED) is 0.891. The van der Waals surface area contributed by atoms with E-state index in [0.29, 0.717) is 13.2 Å². The first kappa shape index (κ1) is 16.3. The maximum absolute atomic E-state index is 11.7. The van der Waals surface area contributed by atoms with Gasteiger partial charge < -0.3 is 19.9 Å². The van der Waals surface area contributed by atoms with E-state index in [0.717, 1.165) is 16.7 Å². The van der Waals surface area contributed by atoms with E-state index in [1.165, 1.54) is 0 Å². The van der Waals surface area contributed by atoms with Crippen molar-refractivity contribution in [3.63, 3.8) is 0 Å². The largest absolute Gasteiger partial charge is 0.480 e. The number of ether oxygens (including phenoxy) is 2. The number of hydrogen-bond acceptors (Lipinski definition) is 4. The van der Waals surface area contributed by atoms with Gasteiger partial charge in [-0.3, -0.25) is 0 Å². The third-order valence-electron chi connectivity index (χ3n) is 3.21. The molecule has 0 radical (unpaired) electrons. The summed E-state index contributed by atoms with van der Waals surface area (Å²) in [5.74, 6) is -1.09. The van der Waals surface area contributed by atoms with E-state index in [4.69, 9.17) is 9.47 Å². The number of carboxylic acids is 1. The van der Waals surface area contributed by atoms with Gasteiger partial charge in [0.15, 0.2) is 0 Å². The number of nitrogens with one attached hydrogen (secondary N) is 1. The fraction of sp³-hybridized carbons (Fsp3) is 0.500. The van der Waals surface area contributed by atoms with Crippen LogP contribution in [-0.4, -0.2) is 28.8 Å². The summed E-state index contributed by atoms with van der Waals surface area (Å²) in [6.07, 6.45) is -0.536. The molecular formula is C16H21NO5. The zero-order valence-electron chi connectivity index (χ0n) is 13.0. The van der Waals surface area contributed by atoms with Crippen LogP contribution in [0.3, 0.4) is 0 Å². The minimum Gasteiger partial charge on any atom is -0.480 e. The molecule has 0 aromatic heterocycles. The van der Waals surface area contributed by atoms with E-state index in [2.05, 4.69) is 5.32 Å². The summed E-state index contributed by atoms with van der Waals surface area (Å²) in [5.41, 5.74) is 2.36.